The molecule has 0 saturated carbocycles. The fourth-order valence-electron chi connectivity index (χ4n) is 3.15. The average Bonchev–Trinajstić information content (AvgIpc) is 2.67. The van der Waals surface area contributed by atoms with Crippen molar-refractivity contribution in [3.63, 3.8) is 0 Å². The normalized spacial score (nSPS) is 13.9. The zero-order valence-electron chi connectivity index (χ0n) is 15.4. The van der Waals surface area contributed by atoms with Crippen molar-refractivity contribution >= 4 is 11.6 Å². The van der Waals surface area contributed by atoms with Crippen molar-refractivity contribution < 1.29 is 31.1 Å². The first-order valence-electron chi connectivity index (χ1n) is 8.79. The van der Waals surface area contributed by atoms with E-state index in [-0.39, 0.29) is 22.9 Å². The lowest BCUT2D eigenvalue weighted by Gasteiger charge is -2.36. The maximum Gasteiger partial charge on any atom is 0.229 e. The molecule has 5 nitrogen and oxygen atoms in total. The van der Waals surface area contributed by atoms with Gasteiger partial charge in [0.2, 0.25) is 5.91 Å². The second kappa shape index (κ2) is 9.57. The largest absolute Gasteiger partial charge is 1.00 e. The van der Waals surface area contributed by atoms with Crippen LogP contribution in [0.1, 0.15) is 12.0 Å². The highest BCUT2D eigenvalue weighted by atomic mass is 79.9. The second-order valence-corrected chi connectivity index (χ2v) is 6.40. The zero-order chi connectivity index (χ0) is 17.6. The average molecular weight is 420 g/mol. The first-order chi connectivity index (χ1) is 12.2. The number of aromatic nitrogens is 1. The standard InChI is InChI=1S/C20H26N3O2.BrH/c1-17-7-10-21(11-8-17)12-9-20(24)23-15-13-22(14-16-23)18-5-3-4-6-19(18)25-2;/h3-8,10-11H,9,12-16H2,1-2H3;1H/q+1;/p-1. The van der Waals surface area contributed by atoms with Gasteiger partial charge < -0.3 is 31.5 Å². The Hall–Kier alpha value is -2.08. The molecule has 0 radical (unpaired) electrons. The lowest BCUT2D eigenvalue weighted by Crippen LogP contribution is -3.00. The minimum absolute atomic E-state index is 0. The molecule has 1 aromatic heterocycles. The number of piperazine rings is 1. The predicted octanol–water partition coefficient (Wildman–Crippen LogP) is -0.966. The number of para-hydroxylation sites is 2. The molecule has 0 unspecified atom stereocenters. The van der Waals surface area contributed by atoms with Crippen LogP contribution in [0.4, 0.5) is 5.69 Å². The highest BCUT2D eigenvalue weighted by Crippen LogP contribution is 2.28. The van der Waals surface area contributed by atoms with E-state index in [1.54, 1.807) is 7.11 Å². The number of rotatable bonds is 5. The number of methoxy groups -OCH3 is 1. The molecule has 6 heteroatoms. The number of carbonyl (C=O) groups excluding carboxylic acids is 1. The van der Waals surface area contributed by atoms with Crippen molar-refractivity contribution in [1.82, 2.24) is 4.90 Å². The molecular formula is C20H26BrN3O2. The van der Waals surface area contributed by atoms with Gasteiger partial charge >= 0.3 is 0 Å². The summed E-state index contributed by atoms with van der Waals surface area (Å²) in [4.78, 5) is 16.7. The Kier molecular flexibility index (Phi) is 7.45. The fraction of sp³-hybridized carbons (Fsp3) is 0.400. The number of ether oxygens (including phenoxy) is 1. The van der Waals surface area contributed by atoms with Gasteiger partial charge in [0.25, 0.3) is 0 Å². The topological polar surface area (TPSA) is 36.7 Å². The van der Waals surface area contributed by atoms with Crippen LogP contribution in [0.15, 0.2) is 48.8 Å². The molecule has 1 aromatic carbocycles. The Morgan fingerprint density at radius 2 is 1.73 bits per heavy atom. The van der Waals surface area contributed by atoms with E-state index >= 15 is 0 Å². The van der Waals surface area contributed by atoms with E-state index in [4.69, 9.17) is 4.74 Å². The lowest BCUT2D eigenvalue weighted by atomic mass is 10.2. The molecule has 1 amide bonds. The summed E-state index contributed by atoms with van der Waals surface area (Å²) in [7, 11) is 1.70. The summed E-state index contributed by atoms with van der Waals surface area (Å²) in [5.74, 6) is 1.12. The molecule has 0 aliphatic carbocycles. The van der Waals surface area contributed by atoms with Crippen LogP contribution < -0.4 is 31.2 Å². The molecule has 1 saturated heterocycles. The van der Waals surface area contributed by atoms with Crippen LogP contribution in [0, 0.1) is 6.92 Å². The van der Waals surface area contributed by atoms with Crippen LogP contribution in [0.2, 0.25) is 0 Å². The van der Waals surface area contributed by atoms with Crippen molar-refractivity contribution in [3.8, 4) is 5.75 Å². The van der Waals surface area contributed by atoms with Crippen LogP contribution in [-0.2, 0) is 11.3 Å². The first-order valence-corrected chi connectivity index (χ1v) is 8.79. The summed E-state index contributed by atoms with van der Waals surface area (Å²) in [6, 6.07) is 12.2. The Balaban J connectivity index is 0.00000243. The van der Waals surface area contributed by atoms with Crippen molar-refractivity contribution in [2.75, 3.05) is 38.2 Å². The number of hydrogen-bond acceptors (Lipinski definition) is 3. The molecule has 0 bridgehead atoms. The number of amides is 1. The molecule has 2 heterocycles. The van der Waals surface area contributed by atoms with E-state index in [0.29, 0.717) is 6.42 Å². The third kappa shape index (κ3) is 4.97. The minimum Gasteiger partial charge on any atom is -1.00 e. The quantitative estimate of drug-likeness (QED) is 0.585. The third-order valence-electron chi connectivity index (χ3n) is 4.70. The van der Waals surface area contributed by atoms with Crippen LogP contribution in [0.3, 0.4) is 0 Å². The number of aryl methyl sites for hydroxylation is 2. The maximum atomic E-state index is 12.5. The molecule has 0 N–H and O–H groups in total. The maximum absolute atomic E-state index is 12.5. The molecule has 0 spiro atoms. The van der Waals surface area contributed by atoms with Crippen molar-refractivity contribution in [2.24, 2.45) is 0 Å². The molecule has 0 atom stereocenters. The van der Waals surface area contributed by atoms with Gasteiger partial charge in [-0.15, -0.1) is 0 Å². The number of benzene rings is 1. The highest BCUT2D eigenvalue weighted by Gasteiger charge is 2.23. The smallest absolute Gasteiger partial charge is 0.229 e. The van der Waals surface area contributed by atoms with E-state index < -0.39 is 0 Å². The molecule has 1 aliphatic rings. The van der Waals surface area contributed by atoms with E-state index in [2.05, 4.69) is 34.6 Å². The van der Waals surface area contributed by atoms with Crippen LogP contribution in [0.25, 0.3) is 0 Å². The number of nitrogens with zero attached hydrogens (tertiary/aromatic N) is 3. The molecule has 2 aromatic rings. The lowest BCUT2D eigenvalue weighted by molar-refractivity contribution is -0.696. The van der Waals surface area contributed by atoms with E-state index in [9.17, 15) is 4.79 Å². The Bertz CT molecular complexity index is 713. The van der Waals surface area contributed by atoms with Gasteiger partial charge in [0.05, 0.1) is 19.2 Å². The zero-order valence-corrected chi connectivity index (χ0v) is 17.0. The van der Waals surface area contributed by atoms with Crippen LogP contribution >= 0.6 is 0 Å². The summed E-state index contributed by atoms with van der Waals surface area (Å²) < 4.78 is 7.51. The number of pyridine rings is 1. The molecule has 3 rings (SSSR count). The molecular weight excluding hydrogens is 394 g/mol. The second-order valence-electron chi connectivity index (χ2n) is 6.40. The van der Waals surface area contributed by atoms with E-state index in [1.807, 2.05) is 35.5 Å². The molecule has 1 fully saturated rings. The number of anilines is 1. The Morgan fingerprint density at radius 3 is 2.38 bits per heavy atom. The van der Waals surface area contributed by atoms with Gasteiger partial charge in [-0.2, -0.15) is 0 Å². The summed E-state index contributed by atoms with van der Waals surface area (Å²) >= 11 is 0. The number of hydrogen-bond donors (Lipinski definition) is 0. The Morgan fingerprint density at radius 1 is 1.08 bits per heavy atom. The SMILES string of the molecule is COc1ccccc1N1CCN(C(=O)CC[n+]2ccc(C)cc2)CC1.[Br-]. The number of carbonyl (C=O) groups is 1. The van der Waals surface area contributed by atoms with Crippen LogP contribution in [0.5, 0.6) is 5.75 Å². The van der Waals surface area contributed by atoms with Gasteiger partial charge in [-0.1, -0.05) is 12.1 Å². The van der Waals surface area contributed by atoms with E-state index in [0.717, 1.165) is 44.2 Å². The van der Waals surface area contributed by atoms with Gasteiger partial charge in [-0.3, -0.25) is 4.79 Å². The molecule has 26 heavy (non-hydrogen) atoms. The summed E-state index contributed by atoms with van der Waals surface area (Å²) in [5, 5.41) is 0. The monoisotopic (exact) mass is 419 g/mol. The predicted molar refractivity (Wildman–Crippen MR) is 97.8 cm³/mol. The van der Waals surface area contributed by atoms with Crippen molar-refractivity contribution in [3.05, 3.63) is 54.4 Å². The highest BCUT2D eigenvalue weighted by molar-refractivity contribution is 5.76. The van der Waals surface area contributed by atoms with E-state index in [1.165, 1.54) is 5.56 Å². The third-order valence-corrected chi connectivity index (χ3v) is 4.70. The van der Waals surface area contributed by atoms with Gasteiger partial charge in [0.1, 0.15) is 5.75 Å². The van der Waals surface area contributed by atoms with Gasteiger partial charge in [-0.05, 0) is 24.6 Å². The van der Waals surface area contributed by atoms with Crippen molar-refractivity contribution in [1.29, 1.82) is 0 Å². The minimum atomic E-state index is 0. The van der Waals surface area contributed by atoms with Gasteiger partial charge in [-0.25, -0.2) is 4.57 Å². The molecule has 1 aliphatic heterocycles. The van der Waals surface area contributed by atoms with Gasteiger partial charge in [0, 0.05) is 38.3 Å². The molecule has 140 valence electrons. The summed E-state index contributed by atoms with van der Waals surface area (Å²) in [5.41, 5.74) is 2.34. The first kappa shape index (κ1) is 20.2. The fourth-order valence-corrected chi connectivity index (χ4v) is 3.15. The van der Waals surface area contributed by atoms with Crippen molar-refractivity contribution in [2.45, 2.75) is 19.9 Å². The number of halogens is 1. The van der Waals surface area contributed by atoms with Gasteiger partial charge in [0.15, 0.2) is 18.9 Å². The van der Waals surface area contributed by atoms with Crippen LogP contribution in [-0.4, -0.2) is 44.1 Å². The Labute approximate surface area is 166 Å². The summed E-state index contributed by atoms with van der Waals surface area (Å²) in [6.45, 7) is 5.99. The summed E-state index contributed by atoms with van der Waals surface area (Å²) in [6.07, 6.45) is 4.60.